The van der Waals surface area contributed by atoms with Crippen molar-refractivity contribution in [2.45, 2.75) is 80.6 Å². The summed E-state index contributed by atoms with van der Waals surface area (Å²) in [5.74, 6) is 2.29. The minimum Gasteiger partial charge on any atom is -0.496 e. The molecule has 186 valence electrons. The first-order valence-electron chi connectivity index (χ1n) is 12.3. The Morgan fingerprint density at radius 2 is 1.88 bits per heavy atom. The van der Waals surface area contributed by atoms with Crippen LogP contribution in [0.2, 0.25) is 0 Å². The van der Waals surface area contributed by atoms with Gasteiger partial charge in [0.2, 0.25) is 0 Å². The van der Waals surface area contributed by atoms with Gasteiger partial charge in [-0.15, -0.1) is 11.8 Å². The minimum absolute atomic E-state index is 0.0569. The molecule has 4 nitrogen and oxygen atoms in total. The molecule has 0 aliphatic heterocycles. The van der Waals surface area contributed by atoms with Crippen LogP contribution in [0.1, 0.15) is 79.2 Å². The van der Waals surface area contributed by atoms with Gasteiger partial charge in [0, 0.05) is 11.8 Å². The van der Waals surface area contributed by atoms with Crippen molar-refractivity contribution in [3.05, 3.63) is 57.9 Å². The van der Waals surface area contributed by atoms with Gasteiger partial charge in [0.15, 0.2) is 0 Å². The Balaban J connectivity index is 2.27. The molecule has 0 aromatic heterocycles. The lowest BCUT2D eigenvalue weighted by atomic mass is 9.86. The molecular formula is C29H41NO3S. The van der Waals surface area contributed by atoms with Gasteiger partial charge in [-0.05, 0) is 88.7 Å². The lowest BCUT2D eigenvalue weighted by Crippen LogP contribution is -2.26. The van der Waals surface area contributed by atoms with Crippen molar-refractivity contribution in [2.24, 2.45) is 10.9 Å². The number of allylic oxidation sites excluding steroid dienone is 4. The van der Waals surface area contributed by atoms with Crippen LogP contribution >= 0.6 is 11.8 Å². The Hall–Kier alpha value is -2.27. The molecule has 34 heavy (non-hydrogen) atoms. The SMILES string of the molecule is C/C=C(C)\C(OC)=C(\C)C(CSC(CC)=Nc1cc(OC(=O)C2CCC2)ccc1C)=C(C)CC. The van der Waals surface area contributed by atoms with Crippen LogP contribution in [0.3, 0.4) is 0 Å². The highest BCUT2D eigenvalue weighted by Gasteiger charge is 2.27. The quantitative estimate of drug-likeness (QED) is 0.0836. The molecule has 1 saturated carbocycles. The van der Waals surface area contributed by atoms with E-state index >= 15 is 0 Å². The molecule has 1 fully saturated rings. The van der Waals surface area contributed by atoms with Gasteiger partial charge in [0.1, 0.15) is 11.5 Å². The van der Waals surface area contributed by atoms with Crippen molar-refractivity contribution < 1.29 is 14.3 Å². The fourth-order valence-electron chi connectivity index (χ4n) is 3.76. The lowest BCUT2D eigenvalue weighted by Gasteiger charge is -2.23. The number of carbonyl (C=O) groups is 1. The largest absolute Gasteiger partial charge is 0.496 e. The molecule has 0 radical (unpaired) electrons. The highest BCUT2D eigenvalue weighted by atomic mass is 32.2. The number of esters is 1. The second kappa shape index (κ2) is 13.6. The van der Waals surface area contributed by atoms with Crippen LogP contribution < -0.4 is 4.74 Å². The summed E-state index contributed by atoms with van der Waals surface area (Å²) in [4.78, 5) is 17.2. The molecule has 2 rings (SSSR count). The number of methoxy groups -OCH3 is 1. The number of aliphatic imine (C=N–C) groups is 1. The van der Waals surface area contributed by atoms with Crippen molar-refractivity contribution in [3.8, 4) is 5.75 Å². The molecule has 1 aromatic rings. The van der Waals surface area contributed by atoms with E-state index in [9.17, 15) is 4.79 Å². The van der Waals surface area contributed by atoms with Crippen LogP contribution in [0.4, 0.5) is 5.69 Å². The zero-order valence-corrected chi connectivity index (χ0v) is 23.0. The number of nitrogens with zero attached hydrogens (tertiary/aromatic N) is 1. The van der Waals surface area contributed by atoms with E-state index in [4.69, 9.17) is 14.5 Å². The fourth-order valence-corrected chi connectivity index (χ4v) is 4.90. The molecule has 0 bridgehead atoms. The average molecular weight is 484 g/mol. The van der Waals surface area contributed by atoms with Crippen molar-refractivity contribution in [1.29, 1.82) is 0 Å². The van der Waals surface area contributed by atoms with E-state index < -0.39 is 0 Å². The van der Waals surface area contributed by atoms with Gasteiger partial charge >= 0.3 is 5.97 Å². The maximum atomic E-state index is 12.3. The minimum atomic E-state index is -0.118. The van der Waals surface area contributed by atoms with Gasteiger partial charge in [-0.1, -0.05) is 38.0 Å². The molecular weight excluding hydrogens is 442 g/mol. The van der Waals surface area contributed by atoms with Gasteiger partial charge in [0.25, 0.3) is 0 Å². The summed E-state index contributed by atoms with van der Waals surface area (Å²) in [5, 5.41) is 1.06. The number of thioether (sulfide) groups is 1. The Labute approximate surface area is 210 Å². The summed E-state index contributed by atoms with van der Waals surface area (Å²) in [7, 11) is 1.74. The predicted octanol–water partition coefficient (Wildman–Crippen LogP) is 8.49. The second-order valence-corrected chi connectivity index (χ2v) is 9.94. The number of hydrogen-bond donors (Lipinski definition) is 0. The summed E-state index contributed by atoms with van der Waals surface area (Å²) in [6, 6.07) is 5.73. The maximum absolute atomic E-state index is 12.3. The number of benzene rings is 1. The molecule has 0 saturated heterocycles. The maximum Gasteiger partial charge on any atom is 0.314 e. The zero-order valence-electron chi connectivity index (χ0n) is 22.2. The van der Waals surface area contributed by atoms with Gasteiger partial charge in [-0.2, -0.15) is 0 Å². The highest BCUT2D eigenvalue weighted by molar-refractivity contribution is 8.14. The van der Waals surface area contributed by atoms with Crippen molar-refractivity contribution in [2.75, 3.05) is 12.9 Å². The number of ether oxygens (including phenoxy) is 2. The standard InChI is InChI=1S/C29H41NO3S/c1-9-19(4)25(22(7)28(32-8)20(5)10-2)18-34-27(11-3)30-26-17-24(16-15-21(26)6)33-29(31)23-13-12-14-23/h10,15-17,23H,9,11-14,18H2,1-8H3/b20-10-,25-19?,28-22+,30-27?. The molecule has 0 unspecified atom stereocenters. The van der Waals surface area contributed by atoms with Crippen LogP contribution in [-0.2, 0) is 9.53 Å². The molecule has 0 heterocycles. The zero-order chi connectivity index (χ0) is 25.3. The van der Waals surface area contributed by atoms with E-state index in [0.29, 0.717) is 5.75 Å². The van der Waals surface area contributed by atoms with Crippen molar-refractivity contribution in [3.63, 3.8) is 0 Å². The normalized spacial score (nSPS) is 16.5. The molecule has 1 aromatic carbocycles. The second-order valence-electron chi connectivity index (χ2n) is 8.89. The van der Waals surface area contributed by atoms with Crippen LogP contribution in [0.15, 0.2) is 57.3 Å². The number of hydrogen-bond acceptors (Lipinski definition) is 5. The Morgan fingerprint density at radius 3 is 2.41 bits per heavy atom. The van der Waals surface area contributed by atoms with Crippen LogP contribution in [0.5, 0.6) is 5.75 Å². The molecule has 0 amide bonds. The predicted molar refractivity (Wildman–Crippen MR) is 146 cm³/mol. The van der Waals surface area contributed by atoms with E-state index in [1.807, 2.05) is 32.0 Å². The molecule has 5 heteroatoms. The van der Waals surface area contributed by atoms with E-state index in [2.05, 4.69) is 40.7 Å². The van der Waals surface area contributed by atoms with Crippen LogP contribution in [-0.4, -0.2) is 23.9 Å². The smallest absolute Gasteiger partial charge is 0.314 e. The van der Waals surface area contributed by atoms with Crippen molar-refractivity contribution in [1.82, 2.24) is 0 Å². The van der Waals surface area contributed by atoms with Crippen LogP contribution in [0, 0.1) is 12.8 Å². The number of aryl methyl sites for hydroxylation is 1. The number of carbonyl (C=O) groups excluding carboxylic acids is 1. The average Bonchev–Trinajstić information content (AvgIpc) is 2.79. The summed E-state index contributed by atoms with van der Waals surface area (Å²) >= 11 is 1.77. The fraction of sp³-hybridized carbons (Fsp3) is 0.517. The third kappa shape index (κ3) is 7.36. The molecule has 0 spiro atoms. The van der Waals surface area contributed by atoms with E-state index in [-0.39, 0.29) is 11.9 Å². The summed E-state index contributed by atoms with van der Waals surface area (Å²) in [6.45, 7) is 14.8. The van der Waals surface area contributed by atoms with Crippen LogP contribution in [0.25, 0.3) is 0 Å². The van der Waals surface area contributed by atoms with E-state index in [1.54, 1.807) is 18.9 Å². The van der Waals surface area contributed by atoms with E-state index in [0.717, 1.165) is 65.5 Å². The summed E-state index contributed by atoms with van der Waals surface area (Å²) in [5.41, 5.74) is 6.92. The molecule has 0 N–H and O–H groups in total. The molecule has 0 atom stereocenters. The van der Waals surface area contributed by atoms with Crippen molar-refractivity contribution >= 4 is 28.5 Å². The summed E-state index contributed by atoms with van der Waals surface area (Å²) in [6.07, 6.45) is 6.90. The first-order chi connectivity index (χ1) is 16.2. The Kier molecular flexibility index (Phi) is 11.2. The first-order valence-corrected chi connectivity index (χ1v) is 13.3. The first kappa shape index (κ1) is 28.0. The lowest BCUT2D eigenvalue weighted by molar-refractivity contribution is -0.141. The van der Waals surface area contributed by atoms with Gasteiger partial charge < -0.3 is 9.47 Å². The third-order valence-electron chi connectivity index (χ3n) is 6.60. The highest BCUT2D eigenvalue weighted by Crippen LogP contribution is 2.32. The molecule has 1 aliphatic carbocycles. The number of rotatable bonds is 10. The monoisotopic (exact) mass is 483 g/mol. The topological polar surface area (TPSA) is 47.9 Å². The summed E-state index contributed by atoms with van der Waals surface area (Å²) < 4.78 is 11.4. The molecule has 1 aliphatic rings. The van der Waals surface area contributed by atoms with E-state index in [1.165, 1.54) is 16.7 Å². The Morgan fingerprint density at radius 1 is 1.18 bits per heavy atom. The van der Waals surface area contributed by atoms with Gasteiger partial charge in [0.05, 0.1) is 23.8 Å². The van der Waals surface area contributed by atoms with Gasteiger partial charge in [-0.3, -0.25) is 4.79 Å². The Bertz CT molecular complexity index is 997. The van der Waals surface area contributed by atoms with Gasteiger partial charge in [-0.25, -0.2) is 4.99 Å². The third-order valence-corrected chi connectivity index (χ3v) is 7.75.